The van der Waals surface area contributed by atoms with E-state index in [1.807, 2.05) is 13.8 Å². The fraction of sp³-hybridized carbons (Fsp3) is 0.480. The van der Waals surface area contributed by atoms with Crippen LogP contribution in [0.2, 0.25) is 0 Å². The molecular weight excluding hydrogens is 905 g/mol. The Bertz CT molecular complexity index is 2020. The lowest BCUT2D eigenvalue weighted by molar-refractivity contribution is -0.142. The van der Waals surface area contributed by atoms with E-state index in [0.717, 1.165) is 12.8 Å². The topological polar surface area (TPSA) is 282 Å². The van der Waals surface area contributed by atoms with E-state index in [0.29, 0.717) is 47.6 Å². The molecule has 0 saturated carbocycles. The van der Waals surface area contributed by atoms with Crippen LogP contribution in [-0.2, 0) is 42.7 Å². The van der Waals surface area contributed by atoms with Gasteiger partial charge in [0.1, 0.15) is 30.0 Å². The molecule has 0 heterocycles. The molecule has 3 aromatic rings. The number of ether oxygens (including phenoxy) is 7. The second kappa shape index (κ2) is 33.7. The summed E-state index contributed by atoms with van der Waals surface area (Å²) in [4.78, 5) is 87.9. The Balaban J connectivity index is 0. The van der Waals surface area contributed by atoms with Crippen LogP contribution in [0.15, 0.2) is 72.8 Å². The largest absolute Gasteiger partial charge is 0.481 e. The number of hydrogen-bond donors (Lipinski definition) is 4. The van der Waals surface area contributed by atoms with Crippen molar-refractivity contribution in [3.63, 3.8) is 0 Å². The Morgan fingerprint density at radius 3 is 1.03 bits per heavy atom. The van der Waals surface area contributed by atoms with Gasteiger partial charge in [-0.1, -0.05) is 13.8 Å². The third-order valence-electron chi connectivity index (χ3n) is 7.17. The SMILES string of the molecule is CC(C)(C)OC(=O)c1ccc(C(=O)O)cc1.CC(C)(C)OC(=O)c1ccc(C(=O)OCCO)cc1.CCCOCC(=O)O.CCCOCCC(=O)O.COC(=O)c1ccc(C(=O)OC(C)(C)C)cc1. The van der Waals surface area contributed by atoms with Crippen molar-refractivity contribution in [1.29, 1.82) is 0 Å². The number of methoxy groups -OCH3 is 1. The molecule has 19 nitrogen and oxygen atoms in total. The summed E-state index contributed by atoms with van der Waals surface area (Å²) in [5.74, 6) is -4.99. The van der Waals surface area contributed by atoms with Crippen molar-refractivity contribution in [1.82, 2.24) is 0 Å². The first-order valence-electron chi connectivity index (χ1n) is 21.7. The average molecular weight is 975 g/mol. The standard InChI is InChI=1S/C14H18O5.C13H16O4.C12H14O4.C6H12O3.C5H10O3/c1-14(2,3)19-13(17)11-6-4-10(5-7-11)12(16)18-9-8-15;1-13(2,3)17-12(15)10-7-5-9(6-8-10)11(14)16-4;1-12(2,3)16-11(15)9-6-4-8(5-7-9)10(13)14;1-2-4-9-5-3-6(7)8;1-2-3-8-4-5(6)7/h4-7,15H,8-9H2,1-3H3;5-8H,1-4H3;4-7H,1-3H3,(H,13,14);2-5H2,1H3,(H,7,8);2-4H2,1H3,(H,6,7). The second-order valence-electron chi connectivity index (χ2n) is 17.1. The highest BCUT2D eigenvalue weighted by Crippen LogP contribution is 2.16. The van der Waals surface area contributed by atoms with Crippen molar-refractivity contribution in [2.75, 3.05) is 46.8 Å². The number of esters is 5. The Morgan fingerprint density at radius 2 is 0.754 bits per heavy atom. The molecule has 0 atom stereocenters. The lowest BCUT2D eigenvalue weighted by Crippen LogP contribution is -2.23. The summed E-state index contributed by atoms with van der Waals surface area (Å²) < 4.78 is 34.4. The summed E-state index contributed by atoms with van der Waals surface area (Å²) >= 11 is 0. The number of carboxylic acids is 3. The third-order valence-corrected chi connectivity index (χ3v) is 7.17. The van der Waals surface area contributed by atoms with Crippen LogP contribution in [0, 0.1) is 0 Å². The van der Waals surface area contributed by atoms with Gasteiger partial charge in [-0.05, 0) is 148 Å². The van der Waals surface area contributed by atoms with Crippen molar-refractivity contribution in [2.24, 2.45) is 0 Å². The van der Waals surface area contributed by atoms with Gasteiger partial charge in [-0.25, -0.2) is 33.6 Å². The van der Waals surface area contributed by atoms with Crippen LogP contribution in [0.1, 0.15) is 158 Å². The number of carbonyl (C=O) groups excluding carboxylic acids is 5. The van der Waals surface area contributed by atoms with E-state index in [2.05, 4.69) is 9.47 Å². The van der Waals surface area contributed by atoms with Gasteiger partial charge in [-0.15, -0.1) is 0 Å². The summed E-state index contributed by atoms with van der Waals surface area (Å²) in [6.45, 7) is 21.1. The van der Waals surface area contributed by atoms with E-state index in [-0.39, 0.29) is 31.8 Å². The fourth-order valence-electron chi connectivity index (χ4n) is 4.29. The van der Waals surface area contributed by atoms with Crippen LogP contribution in [0.5, 0.6) is 0 Å². The number of carbonyl (C=O) groups is 8. The zero-order chi connectivity index (χ0) is 53.4. The third kappa shape index (κ3) is 34.3. The monoisotopic (exact) mass is 974 g/mol. The van der Waals surface area contributed by atoms with Crippen LogP contribution in [0.3, 0.4) is 0 Å². The average Bonchev–Trinajstić information content (AvgIpc) is 3.26. The van der Waals surface area contributed by atoms with E-state index in [1.165, 1.54) is 67.8 Å². The van der Waals surface area contributed by atoms with Crippen LogP contribution in [-0.4, -0.2) is 132 Å². The van der Waals surface area contributed by atoms with Gasteiger partial charge in [0.25, 0.3) is 0 Å². The molecule has 19 heteroatoms. The number of aliphatic hydroxyl groups excluding tert-OH is 1. The van der Waals surface area contributed by atoms with E-state index < -0.39 is 64.6 Å². The Morgan fingerprint density at radius 1 is 0.435 bits per heavy atom. The molecule has 0 aromatic heterocycles. The van der Waals surface area contributed by atoms with Crippen molar-refractivity contribution in [3.05, 3.63) is 106 Å². The molecule has 0 aliphatic heterocycles. The Kier molecular flexibility index (Phi) is 31.5. The molecule has 0 fully saturated rings. The summed E-state index contributed by atoms with van der Waals surface area (Å²) in [5.41, 5.74) is 0.352. The van der Waals surface area contributed by atoms with Crippen LogP contribution < -0.4 is 0 Å². The highest BCUT2D eigenvalue weighted by atomic mass is 16.6. The van der Waals surface area contributed by atoms with Crippen molar-refractivity contribution >= 4 is 47.8 Å². The van der Waals surface area contributed by atoms with E-state index in [4.69, 9.17) is 44.1 Å². The zero-order valence-corrected chi connectivity index (χ0v) is 41.7. The molecule has 3 aromatic carbocycles. The molecule has 3 rings (SSSR count). The number of aliphatic hydroxyl groups is 1. The number of carboxylic acid groups (broad SMARTS) is 3. The Labute approximate surface area is 404 Å². The molecule has 0 saturated heterocycles. The normalized spacial score (nSPS) is 10.5. The number of benzene rings is 3. The quantitative estimate of drug-likeness (QED) is 0.0567. The summed E-state index contributed by atoms with van der Waals surface area (Å²) in [6.07, 6.45) is 1.92. The van der Waals surface area contributed by atoms with Crippen LogP contribution in [0.4, 0.5) is 0 Å². The molecular formula is C50H70O19. The molecule has 0 aliphatic carbocycles. The predicted molar refractivity (Wildman–Crippen MR) is 253 cm³/mol. The van der Waals surface area contributed by atoms with Gasteiger partial charge in [-0.3, -0.25) is 4.79 Å². The second-order valence-corrected chi connectivity index (χ2v) is 17.1. The molecule has 4 N–H and O–H groups in total. The van der Waals surface area contributed by atoms with Crippen LogP contribution in [0.25, 0.3) is 0 Å². The molecule has 0 unspecified atom stereocenters. The first-order chi connectivity index (χ1) is 32.0. The van der Waals surface area contributed by atoms with E-state index in [9.17, 15) is 38.4 Å². The molecule has 0 radical (unpaired) electrons. The van der Waals surface area contributed by atoms with Gasteiger partial charge >= 0.3 is 47.8 Å². The number of rotatable bonds is 17. The molecule has 69 heavy (non-hydrogen) atoms. The molecule has 384 valence electrons. The van der Waals surface area contributed by atoms with E-state index in [1.54, 1.807) is 74.4 Å². The molecule has 0 aliphatic rings. The van der Waals surface area contributed by atoms with Crippen LogP contribution >= 0.6 is 0 Å². The minimum atomic E-state index is -1.02. The summed E-state index contributed by atoms with van der Waals surface area (Å²) in [5, 5.41) is 33.4. The minimum Gasteiger partial charge on any atom is -0.481 e. The van der Waals surface area contributed by atoms with E-state index >= 15 is 0 Å². The fourth-order valence-corrected chi connectivity index (χ4v) is 4.29. The minimum absolute atomic E-state index is 0.0490. The summed E-state index contributed by atoms with van der Waals surface area (Å²) in [7, 11) is 1.31. The van der Waals surface area contributed by atoms with Gasteiger partial charge in [0.2, 0.25) is 0 Å². The van der Waals surface area contributed by atoms with Gasteiger partial charge < -0.3 is 53.6 Å². The maximum absolute atomic E-state index is 11.7. The number of aliphatic carboxylic acids is 2. The molecule has 0 spiro atoms. The maximum Gasteiger partial charge on any atom is 0.338 e. The lowest BCUT2D eigenvalue weighted by atomic mass is 10.1. The van der Waals surface area contributed by atoms with Gasteiger partial charge in [0.15, 0.2) is 0 Å². The number of aromatic carboxylic acids is 1. The highest BCUT2D eigenvalue weighted by Gasteiger charge is 2.20. The first kappa shape index (κ1) is 64.4. The molecule has 0 bridgehead atoms. The summed E-state index contributed by atoms with van der Waals surface area (Å²) in [6, 6.07) is 17.8. The predicted octanol–water partition coefficient (Wildman–Crippen LogP) is 7.94. The zero-order valence-electron chi connectivity index (χ0n) is 41.7. The number of hydrogen-bond acceptors (Lipinski definition) is 16. The smallest absolute Gasteiger partial charge is 0.338 e. The van der Waals surface area contributed by atoms with Crippen molar-refractivity contribution in [2.45, 2.75) is 112 Å². The molecule has 0 amide bonds. The van der Waals surface area contributed by atoms with Gasteiger partial charge in [-0.2, -0.15) is 0 Å². The van der Waals surface area contributed by atoms with Gasteiger partial charge in [0, 0.05) is 13.2 Å². The highest BCUT2D eigenvalue weighted by molar-refractivity contribution is 5.95. The van der Waals surface area contributed by atoms with Crippen molar-refractivity contribution in [3.8, 4) is 0 Å². The van der Waals surface area contributed by atoms with Crippen molar-refractivity contribution < 1.29 is 91.9 Å². The van der Waals surface area contributed by atoms with Gasteiger partial charge in [0.05, 0.1) is 60.1 Å². The first-order valence-corrected chi connectivity index (χ1v) is 21.7. The Hall–Kier alpha value is -6.70. The maximum atomic E-state index is 11.7. The lowest BCUT2D eigenvalue weighted by Gasteiger charge is -2.19.